The predicted octanol–water partition coefficient (Wildman–Crippen LogP) is 1.19. The van der Waals surface area contributed by atoms with Gasteiger partial charge < -0.3 is 10.1 Å². The van der Waals surface area contributed by atoms with Crippen LogP contribution in [0.2, 0.25) is 0 Å². The van der Waals surface area contributed by atoms with Crippen LogP contribution in [0.5, 0.6) is 0 Å². The van der Waals surface area contributed by atoms with Crippen LogP contribution in [0.25, 0.3) is 16.9 Å². The Kier molecular flexibility index (Phi) is 3.34. The highest BCUT2D eigenvalue weighted by molar-refractivity contribution is 5.90. The van der Waals surface area contributed by atoms with Crippen molar-refractivity contribution in [2.75, 3.05) is 19.7 Å². The van der Waals surface area contributed by atoms with Crippen LogP contribution >= 0.6 is 0 Å². The van der Waals surface area contributed by atoms with Crippen molar-refractivity contribution >= 4 is 11.4 Å². The first-order chi connectivity index (χ1) is 12.8. The molecule has 0 aliphatic carbocycles. The van der Waals surface area contributed by atoms with Gasteiger partial charge in [0.25, 0.3) is 5.91 Å². The average molecular weight is 348 g/mol. The molecule has 0 amide bonds. The monoisotopic (exact) mass is 348 g/mol. The van der Waals surface area contributed by atoms with Gasteiger partial charge in [-0.05, 0) is 18.2 Å². The minimum Gasteiger partial charge on any atom is -0.358 e. The lowest BCUT2D eigenvalue weighted by molar-refractivity contribution is -0.0530. The van der Waals surface area contributed by atoms with Gasteiger partial charge in [0.05, 0.1) is 17.8 Å². The van der Waals surface area contributed by atoms with Gasteiger partial charge >= 0.3 is 0 Å². The molecule has 0 aromatic carbocycles. The molecule has 0 spiro atoms. The van der Waals surface area contributed by atoms with E-state index < -0.39 is 5.60 Å². The van der Waals surface area contributed by atoms with E-state index >= 15 is 0 Å². The van der Waals surface area contributed by atoms with Gasteiger partial charge in [-0.1, -0.05) is 6.07 Å². The summed E-state index contributed by atoms with van der Waals surface area (Å²) in [6.45, 7) is 1.54. The zero-order chi connectivity index (χ0) is 17.6. The first-order valence-corrected chi connectivity index (χ1v) is 8.38. The van der Waals surface area contributed by atoms with Crippen molar-refractivity contribution < 1.29 is 9.53 Å². The molecule has 8 nitrogen and oxygen atoms in total. The second-order valence-electron chi connectivity index (χ2n) is 6.27. The number of fused-ring (bicyclic) bond motifs is 2. The van der Waals surface area contributed by atoms with Crippen LogP contribution < -0.4 is 5.32 Å². The number of hydrogen-bond acceptors (Lipinski definition) is 6. The van der Waals surface area contributed by atoms with Crippen molar-refractivity contribution in [3.8, 4) is 11.4 Å². The Morgan fingerprint density at radius 3 is 2.96 bits per heavy atom. The fourth-order valence-corrected chi connectivity index (χ4v) is 3.39. The molecule has 1 atom stereocenters. The first kappa shape index (κ1) is 15.2. The number of morpholine rings is 1. The summed E-state index contributed by atoms with van der Waals surface area (Å²) < 4.78 is 9.35. The molecule has 8 heteroatoms. The lowest BCUT2D eigenvalue weighted by Crippen LogP contribution is -2.54. The molecule has 1 fully saturated rings. The molecule has 0 radical (unpaired) electrons. The van der Waals surface area contributed by atoms with Crippen molar-refractivity contribution in [1.82, 2.24) is 29.5 Å². The third-order valence-electron chi connectivity index (χ3n) is 4.75. The Balaban J connectivity index is 1.64. The van der Waals surface area contributed by atoms with E-state index in [1.54, 1.807) is 29.2 Å². The van der Waals surface area contributed by atoms with Gasteiger partial charge in [0.15, 0.2) is 5.60 Å². The summed E-state index contributed by atoms with van der Waals surface area (Å²) in [7, 11) is 0. The number of nitrogens with zero attached hydrogens (tertiary/aromatic N) is 5. The zero-order valence-corrected chi connectivity index (χ0v) is 13.9. The maximum Gasteiger partial charge on any atom is 0.268 e. The third kappa shape index (κ3) is 2.23. The summed E-state index contributed by atoms with van der Waals surface area (Å²) >= 11 is 0. The van der Waals surface area contributed by atoms with E-state index in [9.17, 15) is 4.79 Å². The molecular weight excluding hydrogens is 332 g/mol. The van der Waals surface area contributed by atoms with Gasteiger partial charge in [-0.15, -0.1) is 0 Å². The van der Waals surface area contributed by atoms with Crippen LogP contribution in [0, 0.1) is 0 Å². The smallest absolute Gasteiger partial charge is 0.268 e. The number of pyridine rings is 2. The lowest BCUT2D eigenvalue weighted by atomic mass is 9.92. The quantitative estimate of drug-likeness (QED) is 0.586. The summed E-state index contributed by atoms with van der Waals surface area (Å²) in [5.41, 5.74) is 2.01. The number of aromatic nitrogens is 5. The predicted molar refractivity (Wildman–Crippen MR) is 93.0 cm³/mol. The molecule has 1 saturated heterocycles. The van der Waals surface area contributed by atoms with Crippen LogP contribution in [0.4, 0.5) is 0 Å². The van der Waals surface area contributed by atoms with E-state index in [0.717, 1.165) is 16.8 Å². The number of ether oxygens (including phenoxy) is 1. The van der Waals surface area contributed by atoms with Gasteiger partial charge in [0.1, 0.15) is 12.0 Å². The van der Waals surface area contributed by atoms with Gasteiger partial charge in [0.2, 0.25) is 0 Å². The average Bonchev–Trinajstić information content (AvgIpc) is 3.35. The molecule has 1 N–H and O–H groups in total. The van der Waals surface area contributed by atoms with Crippen molar-refractivity contribution in [3.05, 3.63) is 60.9 Å². The van der Waals surface area contributed by atoms with E-state index in [2.05, 4.69) is 20.4 Å². The molecule has 1 unspecified atom stereocenters. The number of carbonyl (C=O) groups excluding carboxylic acids is 1. The fraction of sp³-hybridized carbons (Fsp3) is 0.222. The molecule has 3 aliphatic rings. The highest BCUT2D eigenvalue weighted by Gasteiger charge is 2.44. The van der Waals surface area contributed by atoms with Crippen molar-refractivity contribution in [2.24, 2.45) is 0 Å². The maximum atomic E-state index is 13.5. The summed E-state index contributed by atoms with van der Waals surface area (Å²) in [6.07, 6.45) is 8.45. The number of imidazole rings is 1. The van der Waals surface area contributed by atoms with Crippen LogP contribution in [-0.4, -0.2) is 49.8 Å². The summed E-state index contributed by atoms with van der Waals surface area (Å²) in [6, 6.07) is 7.55. The topological polar surface area (TPSA) is 86.3 Å². The highest BCUT2D eigenvalue weighted by atomic mass is 16.5. The Labute approximate surface area is 148 Å². The molecular formula is C18H16N6O2. The molecule has 0 bridgehead atoms. The zero-order valence-electron chi connectivity index (χ0n) is 13.9. The van der Waals surface area contributed by atoms with E-state index in [1.165, 1.54) is 10.9 Å². The lowest BCUT2D eigenvalue weighted by Gasteiger charge is -2.36. The largest absolute Gasteiger partial charge is 0.358 e. The van der Waals surface area contributed by atoms with Crippen molar-refractivity contribution in [1.29, 1.82) is 0 Å². The molecule has 5 rings (SSSR count). The molecule has 26 heavy (non-hydrogen) atoms. The Hall–Kier alpha value is -3.10. The third-order valence-corrected chi connectivity index (χ3v) is 4.75. The van der Waals surface area contributed by atoms with Crippen LogP contribution in [0.1, 0.15) is 10.4 Å². The molecule has 2 aromatic heterocycles. The van der Waals surface area contributed by atoms with Crippen LogP contribution in [-0.2, 0) is 10.3 Å². The van der Waals surface area contributed by atoms with E-state index in [0.29, 0.717) is 25.4 Å². The maximum absolute atomic E-state index is 13.5. The number of carbonyl (C=O) groups is 1. The first-order valence-electron chi connectivity index (χ1n) is 8.38. The summed E-state index contributed by atoms with van der Waals surface area (Å²) in [4.78, 5) is 21.8. The summed E-state index contributed by atoms with van der Waals surface area (Å²) in [5, 5.41) is 7.56. The Morgan fingerprint density at radius 1 is 1.15 bits per heavy atom. The molecule has 130 valence electrons. The van der Waals surface area contributed by atoms with Gasteiger partial charge in [-0.25, -0.2) is 14.5 Å². The van der Waals surface area contributed by atoms with Crippen molar-refractivity contribution in [3.63, 3.8) is 0 Å². The Morgan fingerprint density at radius 2 is 2.08 bits per heavy atom. The highest BCUT2D eigenvalue weighted by Crippen LogP contribution is 2.30. The van der Waals surface area contributed by atoms with Crippen LogP contribution in [0.3, 0.4) is 0 Å². The second kappa shape index (κ2) is 5.72. The Bertz CT molecular complexity index is 1060. The van der Waals surface area contributed by atoms with E-state index in [1.807, 2.05) is 24.4 Å². The van der Waals surface area contributed by atoms with Crippen molar-refractivity contribution in [2.45, 2.75) is 5.60 Å². The van der Waals surface area contributed by atoms with E-state index in [4.69, 9.17) is 4.74 Å². The van der Waals surface area contributed by atoms with Gasteiger partial charge in [-0.2, -0.15) is 5.10 Å². The standard InChI is InChI=1S/C18H16N6O2/c25-17(23-7-4-15-16(10-23)21-12-20-15)18(11-19-6-8-26-18)13-1-2-14-3-5-22-24(14)9-13/h1-5,7,9-10,12,19H,6,8,11H2. The molecule has 2 aromatic rings. The van der Waals surface area contributed by atoms with Gasteiger partial charge in [0, 0.05) is 43.4 Å². The fourth-order valence-electron chi connectivity index (χ4n) is 3.39. The second-order valence-corrected chi connectivity index (χ2v) is 6.27. The minimum atomic E-state index is -1.13. The molecule has 0 saturated carbocycles. The normalized spacial score (nSPS) is 20.6. The SMILES string of the molecule is O=C(n1ccc2ncnc-2c1)C1(c2ccc3ccnn3c2)CNCCO1. The molecule has 5 heterocycles. The van der Waals surface area contributed by atoms with Crippen LogP contribution in [0.15, 0.2) is 55.4 Å². The summed E-state index contributed by atoms with van der Waals surface area (Å²) in [5.74, 6) is -0.180. The number of nitrogens with one attached hydrogen (secondary N) is 1. The molecule has 3 aliphatic heterocycles. The van der Waals surface area contributed by atoms with Gasteiger partial charge in [-0.3, -0.25) is 9.36 Å². The number of rotatable bonds is 2. The minimum absolute atomic E-state index is 0.180. The van der Waals surface area contributed by atoms with E-state index in [-0.39, 0.29) is 5.91 Å². The number of hydrogen-bond donors (Lipinski definition) is 1.